The van der Waals surface area contributed by atoms with E-state index in [4.69, 9.17) is 4.63 Å². The van der Waals surface area contributed by atoms with E-state index in [-0.39, 0.29) is 0 Å². The standard InChI is InChI=1S/C30H12N2OS4/c1-2-17(29-25(3-1)31-33-32-29)4-7-24-23-9-11-35-28(23)16-20-13-22(37-30(20)24)6-5-21-12-19-15-26-18(8-10-34-26)14-27(19)36-21/h1-3,8-16H. The topological polar surface area (TPSA) is 38.9 Å². The Morgan fingerprint density at radius 3 is 2.43 bits per heavy atom. The van der Waals surface area contributed by atoms with Crippen LogP contribution < -0.4 is 0 Å². The second kappa shape index (κ2) is 8.27. The van der Waals surface area contributed by atoms with Crippen LogP contribution in [0.3, 0.4) is 0 Å². The van der Waals surface area contributed by atoms with E-state index in [1.165, 1.54) is 35.6 Å². The Kier molecular flexibility index (Phi) is 4.73. The number of hydrogen-bond donors (Lipinski definition) is 0. The molecule has 3 nitrogen and oxygen atoms in total. The van der Waals surface area contributed by atoms with Gasteiger partial charge in [-0.05, 0) is 104 Å². The Hall–Kier alpha value is -3.98. The van der Waals surface area contributed by atoms with Gasteiger partial charge < -0.3 is 0 Å². The monoisotopic (exact) mass is 544 g/mol. The van der Waals surface area contributed by atoms with E-state index in [1.54, 1.807) is 45.3 Å². The van der Waals surface area contributed by atoms with Crippen molar-refractivity contribution >= 4 is 96.7 Å². The SMILES string of the molecule is C(#Cc1cc2cc3sccc3c(C#Cc3cccc4nonc34)c2s1)c1cc2cc3sccc3cc2s1. The minimum atomic E-state index is 0.685. The van der Waals surface area contributed by atoms with Crippen LogP contribution in [0.4, 0.5) is 0 Å². The first-order valence-electron chi connectivity index (χ1n) is 11.4. The number of fused-ring (bicyclic) bond motifs is 5. The fraction of sp³-hybridized carbons (Fsp3) is 0. The molecule has 0 bridgehead atoms. The molecule has 5 aromatic heterocycles. The maximum absolute atomic E-state index is 4.91. The zero-order valence-electron chi connectivity index (χ0n) is 18.9. The lowest BCUT2D eigenvalue weighted by atomic mass is 10.1. The van der Waals surface area contributed by atoms with E-state index < -0.39 is 0 Å². The molecular weight excluding hydrogens is 533 g/mol. The molecule has 0 atom stereocenters. The van der Waals surface area contributed by atoms with Crippen molar-refractivity contribution in [3.63, 3.8) is 0 Å². The van der Waals surface area contributed by atoms with Crippen molar-refractivity contribution < 1.29 is 4.63 Å². The molecule has 0 aliphatic heterocycles. The Labute approximate surface area is 226 Å². The summed E-state index contributed by atoms with van der Waals surface area (Å²) in [6, 6.07) is 21.2. The molecule has 37 heavy (non-hydrogen) atoms. The minimum absolute atomic E-state index is 0.685. The number of nitrogens with zero attached hydrogens (tertiary/aromatic N) is 2. The van der Waals surface area contributed by atoms with Gasteiger partial charge in [0.2, 0.25) is 0 Å². The van der Waals surface area contributed by atoms with Gasteiger partial charge in [0.05, 0.1) is 25.6 Å². The second-order valence-corrected chi connectivity index (χ2v) is 12.5. The summed E-state index contributed by atoms with van der Waals surface area (Å²) >= 11 is 6.96. The summed E-state index contributed by atoms with van der Waals surface area (Å²) in [6.45, 7) is 0. The van der Waals surface area contributed by atoms with E-state index in [2.05, 4.69) is 87.2 Å². The summed E-state index contributed by atoms with van der Waals surface area (Å²) < 4.78 is 9.89. The molecule has 5 heterocycles. The summed E-state index contributed by atoms with van der Waals surface area (Å²) in [4.78, 5) is 2.12. The van der Waals surface area contributed by atoms with E-state index in [0.29, 0.717) is 11.0 Å². The normalized spacial score (nSPS) is 11.4. The molecule has 0 radical (unpaired) electrons. The largest absolute Gasteiger partial charge is 0.243 e. The fourth-order valence-electron chi connectivity index (χ4n) is 4.51. The molecule has 0 unspecified atom stereocenters. The zero-order chi connectivity index (χ0) is 24.3. The fourth-order valence-corrected chi connectivity index (χ4v) is 8.13. The first-order chi connectivity index (χ1) is 18.3. The number of thiophene rings is 4. The highest BCUT2D eigenvalue weighted by atomic mass is 32.1. The third kappa shape index (κ3) is 3.56. The zero-order valence-corrected chi connectivity index (χ0v) is 22.1. The van der Waals surface area contributed by atoms with E-state index >= 15 is 0 Å². The lowest BCUT2D eigenvalue weighted by Crippen LogP contribution is -1.80. The van der Waals surface area contributed by atoms with Crippen LogP contribution in [0.25, 0.3) is 51.4 Å². The second-order valence-electron chi connectivity index (χ2n) is 8.51. The maximum atomic E-state index is 4.91. The van der Waals surface area contributed by atoms with Crippen molar-refractivity contribution in [3.8, 4) is 23.7 Å². The molecule has 7 heteroatoms. The molecule has 172 valence electrons. The smallest absolute Gasteiger partial charge is 0.150 e. The maximum Gasteiger partial charge on any atom is 0.150 e. The predicted octanol–water partition coefficient (Wildman–Crippen LogP) is 8.88. The van der Waals surface area contributed by atoms with Crippen molar-refractivity contribution in [3.05, 3.63) is 92.3 Å². The van der Waals surface area contributed by atoms with Gasteiger partial charge in [-0.25, -0.2) is 4.63 Å². The first-order valence-corrected chi connectivity index (χ1v) is 14.8. The third-order valence-electron chi connectivity index (χ3n) is 6.25. The van der Waals surface area contributed by atoms with Crippen LogP contribution in [-0.4, -0.2) is 10.3 Å². The summed E-state index contributed by atoms with van der Waals surface area (Å²) in [6.07, 6.45) is 0. The Bertz CT molecular complexity index is 2240. The van der Waals surface area contributed by atoms with Crippen molar-refractivity contribution in [2.24, 2.45) is 0 Å². The Balaban J connectivity index is 1.23. The Morgan fingerprint density at radius 1 is 0.649 bits per heavy atom. The van der Waals surface area contributed by atoms with E-state index in [1.807, 2.05) is 18.2 Å². The first kappa shape index (κ1) is 21.1. The van der Waals surface area contributed by atoms with Gasteiger partial charge in [0.15, 0.2) is 5.52 Å². The molecular formula is C30H12N2OS4. The van der Waals surface area contributed by atoms with Crippen LogP contribution in [0, 0.1) is 23.7 Å². The summed E-state index contributed by atoms with van der Waals surface area (Å²) in [7, 11) is 0. The van der Waals surface area contributed by atoms with E-state index in [0.717, 1.165) is 25.6 Å². The number of rotatable bonds is 0. The predicted molar refractivity (Wildman–Crippen MR) is 158 cm³/mol. The highest BCUT2D eigenvalue weighted by molar-refractivity contribution is 7.21. The minimum Gasteiger partial charge on any atom is -0.243 e. The van der Waals surface area contributed by atoms with Gasteiger partial charge >= 0.3 is 0 Å². The summed E-state index contributed by atoms with van der Waals surface area (Å²) in [5.74, 6) is 13.6. The van der Waals surface area contributed by atoms with Crippen molar-refractivity contribution in [1.29, 1.82) is 0 Å². The van der Waals surface area contributed by atoms with Gasteiger partial charge in [-0.1, -0.05) is 17.9 Å². The number of benzene rings is 3. The summed E-state index contributed by atoms with van der Waals surface area (Å²) in [5.41, 5.74) is 3.23. The van der Waals surface area contributed by atoms with Gasteiger partial charge in [0.1, 0.15) is 5.52 Å². The van der Waals surface area contributed by atoms with Crippen LogP contribution >= 0.6 is 45.3 Å². The highest BCUT2D eigenvalue weighted by Crippen LogP contribution is 2.37. The molecule has 0 fully saturated rings. The lowest BCUT2D eigenvalue weighted by Gasteiger charge is -1.98. The number of aromatic nitrogens is 2. The van der Waals surface area contributed by atoms with Crippen LogP contribution in [0.1, 0.15) is 20.9 Å². The van der Waals surface area contributed by atoms with Gasteiger partial charge in [-0.3, -0.25) is 0 Å². The molecule has 0 spiro atoms. The number of hydrogen-bond acceptors (Lipinski definition) is 7. The summed E-state index contributed by atoms with van der Waals surface area (Å²) in [5, 5.41) is 17.1. The van der Waals surface area contributed by atoms with Crippen LogP contribution in [0.2, 0.25) is 0 Å². The van der Waals surface area contributed by atoms with Crippen molar-refractivity contribution in [2.75, 3.05) is 0 Å². The lowest BCUT2D eigenvalue weighted by molar-refractivity contribution is 0.315. The van der Waals surface area contributed by atoms with E-state index in [9.17, 15) is 0 Å². The molecule has 0 saturated carbocycles. The third-order valence-corrected chi connectivity index (χ3v) is 10.1. The molecule has 8 rings (SSSR count). The van der Waals surface area contributed by atoms with Gasteiger partial charge in [-0.15, -0.1) is 45.3 Å². The average molecular weight is 545 g/mol. The molecule has 3 aromatic carbocycles. The molecule has 0 saturated heterocycles. The van der Waals surface area contributed by atoms with Crippen LogP contribution in [-0.2, 0) is 0 Å². The van der Waals surface area contributed by atoms with Crippen LogP contribution in [0.15, 0.2) is 76.1 Å². The quantitative estimate of drug-likeness (QED) is 0.179. The molecule has 0 N–H and O–H groups in total. The van der Waals surface area contributed by atoms with Crippen molar-refractivity contribution in [2.45, 2.75) is 0 Å². The van der Waals surface area contributed by atoms with Gasteiger partial charge in [0.25, 0.3) is 0 Å². The average Bonchev–Trinajstić information content (AvgIpc) is 3.73. The molecule has 0 amide bonds. The van der Waals surface area contributed by atoms with Gasteiger partial charge in [-0.2, -0.15) is 0 Å². The molecule has 8 aromatic rings. The van der Waals surface area contributed by atoms with Crippen molar-refractivity contribution in [1.82, 2.24) is 10.3 Å². The van der Waals surface area contributed by atoms with Crippen LogP contribution in [0.5, 0.6) is 0 Å². The highest BCUT2D eigenvalue weighted by Gasteiger charge is 2.11. The van der Waals surface area contributed by atoms with Gasteiger partial charge in [0, 0.05) is 19.5 Å². The molecule has 0 aliphatic carbocycles. The Morgan fingerprint density at radius 2 is 1.46 bits per heavy atom. The molecule has 0 aliphatic rings.